The largest absolute Gasteiger partial charge is 0.397 e. The number of halogens is 1. The maximum atomic E-state index is 12.4. The van der Waals surface area contributed by atoms with Crippen molar-refractivity contribution in [2.24, 2.45) is 5.92 Å². The van der Waals surface area contributed by atoms with Crippen molar-refractivity contribution in [1.29, 1.82) is 0 Å². The van der Waals surface area contributed by atoms with Gasteiger partial charge in [-0.15, -0.1) is 11.3 Å². The van der Waals surface area contributed by atoms with Crippen LogP contribution in [0.25, 0.3) is 10.1 Å². The Hall–Kier alpha value is -1.07. The summed E-state index contributed by atoms with van der Waals surface area (Å²) in [6, 6.07) is 5.94. The maximum absolute atomic E-state index is 12.4. The predicted octanol–water partition coefficient (Wildman–Crippen LogP) is 3.73. The quantitative estimate of drug-likeness (QED) is 0.926. The molecule has 2 aromatic rings. The van der Waals surface area contributed by atoms with Crippen LogP contribution in [0.15, 0.2) is 22.7 Å². The van der Waals surface area contributed by atoms with Crippen LogP contribution in [0.1, 0.15) is 22.5 Å². The lowest BCUT2D eigenvalue weighted by molar-refractivity contribution is 0.0794. The molecule has 0 aliphatic heterocycles. The number of hydrogen-bond acceptors (Lipinski definition) is 3. The van der Waals surface area contributed by atoms with Gasteiger partial charge in [-0.05, 0) is 37.0 Å². The van der Waals surface area contributed by atoms with E-state index in [0.29, 0.717) is 16.5 Å². The van der Waals surface area contributed by atoms with E-state index < -0.39 is 0 Å². The number of hydrogen-bond donors (Lipinski definition) is 1. The molecule has 0 unspecified atom stereocenters. The lowest BCUT2D eigenvalue weighted by Crippen LogP contribution is -2.28. The zero-order valence-corrected chi connectivity index (χ0v) is 13.1. The summed E-state index contributed by atoms with van der Waals surface area (Å²) in [6.45, 7) is 0.843. The van der Waals surface area contributed by atoms with Gasteiger partial charge in [0.25, 0.3) is 5.91 Å². The van der Waals surface area contributed by atoms with Crippen LogP contribution in [0.3, 0.4) is 0 Å². The summed E-state index contributed by atoms with van der Waals surface area (Å²) in [5.74, 6) is 0.736. The molecule has 1 aliphatic rings. The average Bonchev–Trinajstić information content (AvgIpc) is 3.14. The van der Waals surface area contributed by atoms with Gasteiger partial charge in [0.1, 0.15) is 4.88 Å². The summed E-state index contributed by atoms with van der Waals surface area (Å²) in [7, 11) is 1.86. The molecule has 0 atom stereocenters. The van der Waals surface area contributed by atoms with E-state index in [1.807, 2.05) is 25.2 Å². The van der Waals surface area contributed by atoms with Crippen LogP contribution in [0.4, 0.5) is 5.69 Å². The van der Waals surface area contributed by atoms with Crippen molar-refractivity contribution in [2.45, 2.75) is 12.8 Å². The van der Waals surface area contributed by atoms with Gasteiger partial charge in [0.05, 0.1) is 5.69 Å². The van der Waals surface area contributed by atoms with Crippen LogP contribution in [0, 0.1) is 5.92 Å². The Morgan fingerprint density at radius 1 is 1.53 bits per heavy atom. The monoisotopic (exact) mass is 338 g/mol. The Morgan fingerprint density at radius 2 is 2.26 bits per heavy atom. The first kappa shape index (κ1) is 12.9. The third-order valence-electron chi connectivity index (χ3n) is 3.46. The second-order valence-corrected chi connectivity index (χ2v) is 7.08. The number of nitrogen functional groups attached to an aromatic ring is 1. The summed E-state index contributed by atoms with van der Waals surface area (Å²) in [4.78, 5) is 14.9. The minimum Gasteiger partial charge on any atom is -0.397 e. The number of amides is 1. The van der Waals surface area contributed by atoms with Gasteiger partial charge in [0.2, 0.25) is 0 Å². The third-order valence-corrected chi connectivity index (χ3v) is 5.13. The van der Waals surface area contributed by atoms with Gasteiger partial charge in [-0.2, -0.15) is 0 Å². The molecular formula is C14H15BrN2OS. The molecule has 0 radical (unpaired) electrons. The first-order valence-electron chi connectivity index (χ1n) is 6.29. The summed E-state index contributed by atoms with van der Waals surface area (Å²) in [5.41, 5.74) is 6.74. The molecule has 0 spiro atoms. The van der Waals surface area contributed by atoms with Crippen LogP contribution >= 0.6 is 27.3 Å². The topological polar surface area (TPSA) is 46.3 Å². The lowest BCUT2D eigenvalue weighted by Gasteiger charge is -2.15. The molecule has 1 heterocycles. The molecule has 19 heavy (non-hydrogen) atoms. The number of rotatable bonds is 3. The Balaban J connectivity index is 1.95. The van der Waals surface area contributed by atoms with Crippen LogP contribution < -0.4 is 5.73 Å². The first-order valence-corrected chi connectivity index (χ1v) is 7.90. The minimum absolute atomic E-state index is 0.0433. The van der Waals surface area contributed by atoms with E-state index in [1.54, 1.807) is 4.90 Å². The van der Waals surface area contributed by atoms with Crippen LogP contribution in [-0.2, 0) is 0 Å². The van der Waals surface area contributed by atoms with E-state index in [0.717, 1.165) is 21.1 Å². The van der Waals surface area contributed by atoms with Gasteiger partial charge in [0, 0.05) is 28.2 Å². The van der Waals surface area contributed by atoms with E-state index in [4.69, 9.17) is 5.73 Å². The fourth-order valence-electron chi connectivity index (χ4n) is 2.19. The number of carbonyl (C=O) groups is 1. The van der Waals surface area contributed by atoms with Crippen LogP contribution in [0.2, 0.25) is 0 Å². The molecular weight excluding hydrogens is 324 g/mol. The second-order valence-electron chi connectivity index (χ2n) is 5.11. The highest BCUT2D eigenvalue weighted by Gasteiger charge is 2.27. The highest BCUT2D eigenvalue weighted by Crippen LogP contribution is 2.36. The average molecular weight is 339 g/mol. The van der Waals surface area contributed by atoms with Crippen molar-refractivity contribution >= 4 is 48.9 Å². The van der Waals surface area contributed by atoms with Gasteiger partial charge in [-0.25, -0.2) is 0 Å². The van der Waals surface area contributed by atoms with Crippen molar-refractivity contribution in [3.05, 3.63) is 27.5 Å². The number of benzene rings is 1. The summed E-state index contributed by atoms with van der Waals surface area (Å²) < 4.78 is 2.04. The van der Waals surface area contributed by atoms with E-state index in [2.05, 4.69) is 15.9 Å². The van der Waals surface area contributed by atoms with E-state index in [1.165, 1.54) is 24.2 Å². The molecule has 100 valence electrons. The highest BCUT2D eigenvalue weighted by atomic mass is 79.9. The lowest BCUT2D eigenvalue weighted by atomic mass is 10.2. The number of nitrogens with zero attached hydrogens (tertiary/aromatic N) is 1. The van der Waals surface area contributed by atoms with E-state index >= 15 is 0 Å². The van der Waals surface area contributed by atoms with Crippen LogP contribution in [-0.4, -0.2) is 24.4 Å². The standard InChI is InChI=1S/C14H15BrN2OS/c1-17(7-8-2-3-8)14(18)13-12(16)10-6-9(15)4-5-11(10)19-13/h4-6,8H,2-3,7,16H2,1H3. The van der Waals surface area contributed by atoms with Crippen molar-refractivity contribution < 1.29 is 4.79 Å². The molecule has 1 aromatic carbocycles. The third kappa shape index (κ3) is 2.49. The molecule has 1 fully saturated rings. The first-order chi connectivity index (χ1) is 9.06. The van der Waals surface area contributed by atoms with Gasteiger partial charge in [-0.1, -0.05) is 15.9 Å². The van der Waals surface area contributed by atoms with Crippen molar-refractivity contribution in [3.63, 3.8) is 0 Å². The predicted molar refractivity (Wildman–Crippen MR) is 83.6 cm³/mol. The molecule has 1 saturated carbocycles. The maximum Gasteiger partial charge on any atom is 0.265 e. The summed E-state index contributed by atoms with van der Waals surface area (Å²) in [6.07, 6.45) is 2.49. The number of carbonyl (C=O) groups excluding carboxylic acids is 1. The number of thiophene rings is 1. The summed E-state index contributed by atoms with van der Waals surface area (Å²) >= 11 is 4.92. The summed E-state index contributed by atoms with van der Waals surface area (Å²) in [5, 5.41) is 0.961. The van der Waals surface area contributed by atoms with Gasteiger partial charge in [-0.3, -0.25) is 4.79 Å². The van der Waals surface area contributed by atoms with Gasteiger partial charge in [0.15, 0.2) is 0 Å². The van der Waals surface area contributed by atoms with Crippen molar-refractivity contribution in [2.75, 3.05) is 19.3 Å². The molecule has 3 nitrogen and oxygen atoms in total. The Bertz CT molecular complexity index is 648. The minimum atomic E-state index is 0.0433. The fraction of sp³-hybridized carbons (Fsp3) is 0.357. The van der Waals surface area contributed by atoms with Gasteiger partial charge < -0.3 is 10.6 Å². The Kier molecular flexibility index (Phi) is 3.27. The van der Waals surface area contributed by atoms with Crippen molar-refractivity contribution in [3.8, 4) is 0 Å². The number of fused-ring (bicyclic) bond motifs is 1. The normalized spacial score (nSPS) is 14.8. The van der Waals surface area contributed by atoms with Gasteiger partial charge >= 0.3 is 0 Å². The zero-order valence-electron chi connectivity index (χ0n) is 10.6. The SMILES string of the molecule is CN(CC1CC1)C(=O)c1sc2ccc(Br)cc2c1N. The smallest absolute Gasteiger partial charge is 0.265 e. The van der Waals surface area contributed by atoms with E-state index in [-0.39, 0.29) is 5.91 Å². The molecule has 1 aromatic heterocycles. The zero-order chi connectivity index (χ0) is 13.6. The number of anilines is 1. The molecule has 1 aliphatic carbocycles. The Labute approximate surface area is 124 Å². The molecule has 5 heteroatoms. The molecule has 0 bridgehead atoms. The molecule has 2 N–H and O–H groups in total. The highest BCUT2D eigenvalue weighted by molar-refractivity contribution is 9.10. The van der Waals surface area contributed by atoms with Crippen molar-refractivity contribution in [1.82, 2.24) is 4.90 Å². The fourth-order valence-corrected chi connectivity index (χ4v) is 3.65. The number of nitrogens with two attached hydrogens (primary N) is 1. The Morgan fingerprint density at radius 3 is 2.95 bits per heavy atom. The molecule has 1 amide bonds. The van der Waals surface area contributed by atoms with Crippen LogP contribution in [0.5, 0.6) is 0 Å². The van der Waals surface area contributed by atoms with E-state index in [9.17, 15) is 4.79 Å². The second kappa shape index (κ2) is 4.80. The molecule has 0 saturated heterocycles. The molecule has 3 rings (SSSR count).